The summed E-state index contributed by atoms with van der Waals surface area (Å²) in [6.45, 7) is -0.271. The first-order valence-corrected chi connectivity index (χ1v) is 8.20. The second kappa shape index (κ2) is 9.59. The van der Waals surface area contributed by atoms with Crippen LogP contribution in [0.1, 0.15) is 10.4 Å². The minimum absolute atomic E-state index is 0.0686. The zero-order valence-corrected chi connectivity index (χ0v) is 15.3. The van der Waals surface area contributed by atoms with Crippen LogP contribution < -0.4 is 25.6 Å². The highest BCUT2D eigenvalue weighted by Crippen LogP contribution is 2.25. The largest absolute Gasteiger partial charge is 0.493 e. The van der Waals surface area contributed by atoms with E-state index in [4.69, 9.17) is 33.3 Å². The Balaban J connectivity index is 1.75. The van der Waals surface area contributed by atoms with Crippen molar-refractivity contribution in [2.45, 2.75) is 0 Å². The van der Waals surface area contributed by atoms with Gasteiger partial charge in [0.25, 0.3) is 11.8 Å². The molecule has 0 spiro atoms. The summed E-state index contributed by atoms with van der Waals surface area (Å²) in [5.41, 5.74) is 5.19. The van der Waals surface area contributed by atoms with Crippen molar-refractivity contribution in [3.63, 3.8) is 0 Å². The maximum Gasteiger partial charge on any atom is 0.269 e. The van der Waals surface area contributed by atoms with Gasteiger partial charge in [0.1, 0.15) is 0 Å². The molecular formula is C17H16ClN3O4S. The standard InChI is InChI=1S/C17H16ClN3O4S/c1-24-13-4-2-3-5-14(13)25-10-15(22)19-17(26)21-20-16(23)11-6-8-12(18)9-7-11/h2-9H,10H2,1H3,(H,20,23)(H2,19,21,22,26). The summed E-state index contributed by atoms with van der Waals surface area (Å²) in [5, 5.41) is 2.84. The van der Waals surface area contributed by atoms with Gasteiger partial charge in [-0.15, -0.1) is 0 Å². The van der Waals surface area contributed by atoms with E-state index >= 15 is 0 Å². The molecule has 0 unspecified atom stereocenters. The quantitative estimate of drug-likeness (QED) is 0.532. The Hall–Kier alpha value is -2.84. The van der Waals surface area contributed by atoms with E-state index in [-0.39, 0.29) is 11.7 Å². The number of amides is 2. The Labute approximate surface area is 160 Å². The van der Waals surface area contributed by atoms with Gasteiger partial charge in [-0.05, 0) is 48.6 Å². The summed E-state index contributed by atoms with van der Waals surface area (Å²) in [6, 6.07) is 13.2. The average molecular weight is 394 g/mol. The zero-order valence-electron chi connectivity index (χ0n) is 13.7. The van der Waals surface area contributed by atoms with Crippen LogP contribution >= 0.6 is 23.8 Å². The van der Waals surface area contributed by atoms with Crippen LogP contribution in [0.15, 0.2) is 48.5 Å². The SMILES string of the molecule is COc1ccccc1OCC(=O)NC(=S)NNC(=O)c1ccc(Cl)cc1. The summed E-state index contributed by atoms with van der Waals surface area (Å²) in [7, 11) is 1.50. The zero-order chi connectivity index (χ0) is 18.9. The molecule has 0 aliphatic heterocycles. The Morgan fingerprint density at radius 3 is 2.35 bits per heavy atom. The molecule has 0 aliphatic carbocycles. The lowest BCUT2D eigenvalue weighted by Gasteiger charge is -2.12. The monoisotopic (exact) mass is 393 g/mol. The summed E-state index contributed by atoms with van der Waals surface area (Å²) in [6.07, 6.45) is 0. The van der Waals surface area contributed by atoms with E-state index in [9.17, 15) is 9.59 Å². The number of hydrogen-bond donors (Lipinski definition) is 3. The Morgan fingerprint density at radius 2 is 1.69 bits per heavy atom. The molecule has 0 aromatic heterocycles. The second-order valence-corrected chi connectivity index (χ2v) is 5.75. The van der Waals surface area contributed by atoms with Crippen molar-refractivity contribution in [1.29, 1.82) is 0 Å². The van der Waals surface area contributed by atoms with E-state index in [0.29, 0.717) is 22.1 Å². The van der Waals surface area contributed by atoms with Crippen LogP contribution in [0.4, 0.5) is 0 Å². The Bertz CT molecular complexity index is 799. The number of thiocarbonyl (C=S) groups is 1. The fourth-order valence-corrected chi connectivity index (χ4v) is 2.15. The molecule has 2 aromatic rings. The molecule has 7 nitrogen and oxygen atoms in total. The lowest BCUT2D eigenvalue weighted by molar-refractivity contribution is -0.121. The lowest BCUT2D eigenvalue weighted by atomic mass is 10.2. The minimum Gasteiger partial charge on any atom is -0.493 e. The number of hydrogen-bond acceptors (Lipinski definition) is 5. The first-order chi connectivity index (χ1) is 12.5. The highest BCUT2D eigenvalue weighted by Gasteiger charge is 2.10. The Morgan fingerprint density at radius 1 is 1.04 bits per heavy atom. The number of carbonyl (C=O) groups is 2. The second-order valence-electron chi connectivity index (χ2n) is 4.90. The molecule has 2 aromatic carbocycles. The van der Waals surface area contributed by atoms with Crippen LogP contribution in [0.5, 0.6) is 11.5 Å². The normalized spacial score (nSPS) is 9.77. The number of hydrazine groups is 1. The van der Waals surface area contributed by atoms with Crippen molar-refractivity contribution >= 4 is 40.7 Å². The summed E-state index contributed by atoms with van der Waals surface area (Å²) in [5.74, 6) is 0.0222. The minimum atomic E-state index is -0.492. The van der Waals surface area contributed by atoms with Gasteiger partial charge in [-0.3, -0.25) is 25.8 Å². The number of carbonyl (C=O) groups excluding carboxylic acids is 2. The highest BCUT2D eigenvalue weighted by atomic mass is 35.5. The highest BCUT2D eigenvalue weighted by molar-refractivity contribution is 7.80. The van der Waals surface area contributed by atoms with Crippen LogP contribution in [-0.2, 0) is 4.79 Å². The van der Waals surface area contributed by atoms with Crippen molar-refractivity contribution in [2.75, 3.05) is 13.7 Å². The third kappa shape index (κ3) is 5.91. The summed E-state index contributed by atoms with van der Waals surface area (Å²) >= 11 is 10.7. The van der Waals surface area contributed by atoms with Crippen molar-refractivity contribution in [2.24, 2.45) is 0 Å². The molecule has 3 N–H and O–H groups in total. The molecule has 0 saturated carbocycles. The lowest BCUT2D eigenvalue weighted by Crippen LogP contribution is -2.49. The van der Waals surface area contributed by atoms with Crippen molar-refractivity contribution in [3.8, 4) is 11.5 Å². The molecule has 0 saturated heterocycles. The molecule has 0 heterocycles. The molecule has 2 amide bonds. The smallest absolute Gasteiger partial charge is 0.269 e. The fourth-order valence-electron chi connectivity index (χ4n) is 1.86. The van der Waals surface area contributed by atoms with Gasteiger partial charge in [-0.25, -0.2) is 0 Å². The first-order valence-electron chi connectivity index (χ1n) is 7.41. The summed E-state index contributed by atoms with van der Waals surface area (Å²) < 4.78 is 10.5. The molecule has 26 heavy (non-hydrogen) atoms. The van der Waals surface area contributed by atoms with E-state index in [0.717, 1.165) is 0 Å². The van der Waals surface area contributed by atoms with Crippen LogP contribution in [0.3, 0.4) is 0 Å². The van der Waals surface area contributed by atoms with Gasteiger partial charge in [0.05, 0.1) is 7.11 Å². The molecule has 0 aliphatic rings. The van der Waals surface area contributed by atoms with Gasteiger partial charge in [0.2, 0.25) is 0 Å². The van der Waals surface area contributed by atoms with E-state index in [1.807, 2.05) is 0 Å². The van der Waals surface area contributed by atoms with E-state index < -0.39 is 11.8 Å². The number of rotatable bonds is 5. The molecule has 0 bridgehead atoms. The van der Waals surface area contributed by atoms with E-state index in [1.165, 1.54) is 7.11 Å². The van der Waals surface area contributed by atoms with Crippen LogP contribution in [-0.4, -0.2) is 30.6 Å². The first kappa shape index (κ1) is 19.5. The third-order valence-corrected chi connectivity index (χ3v) is 3.53. The number of benzene rings is 2. The van der Waals surface area contributed by atoms with Gasteiger partial charge >= 0.3 is 0 Å². The van der Waals surface area contributed by atoms with E-state index in [2.05, 4.69) is 16.2 Å². The van der Waals surface area contributed by atoms with Gasteiger partial charge in [-0.1, -0.05) is 23.7 Å². The topological polar surface area (TPSA) is 88.7 Å². The van der Waals surface area contributed by atoms with Crippen molar-refractivity contribution < 1.29 is 19.1 Å². The molecule has 0 fully saturated rings. The predicted molar refractivity (Wildman–Crippen MR) is 101 cm³/mol. The Kier molecular flexibility index (Phi) is 7.19. The number of nitrogens with one attached hydrogen (secondary N) is 3. The third-order valence-electron chi connectivity index (χ3n) is 3.08. The predicted octanol–water partition coefficient (Wildman–Crippen LogP) is 2.06. The van der Waals surface area contributed by atoms with Crippen molar-refractivity contribution in [3.05, 3.63) is 59.1 Å². The fraction of sp³-hybridized carbons (Fsp3) is 0.118. The van der Waals surface area contributed by atoms with Crippen LogP contribution in [0.25, 0.3) is 0 Å². The number of halogens is 1. The van der Waals surface area contributed by atoms with Crippen LogP contribution in [0.2, 0.25) is 5.02 Å². The number of para-hydroxylation sites is 2. The molecular weight excluding hydrogens is 378 g/mol. The van der Waals surface area contributed by atoms with Gasteiger partial charge in [0.15, 0.2) is 23.2 Å². The average Bonchev–Trinajstić information content (AvgIpc) is 2.65. The molecule has 136 valence electrons. The maximum absolute atomic E-state index is 11.9. The number of methoxy groups -OCH3 is 1. The van der Waals surface area contributed by atoms with Crippen LogP contribution in [0, 0.1) is 0 Å². The van der Waals surface area contributed by atoms with Gasteiger partial charge in [-0.2, -0.15) is 0 Å². The molecule has 0 atom stereocenters. The molecule has 9 heteroatoms. The summed E-state index contributed by atoms with van der Waals surface area (Å²) in [4.78, 5) is 23.7. The van der Waals surface area contributed by atoms with Gasteiger partial charge in [0, 0.05) is 10.6 Å². The molecule has 2 rings (SSSR count). The van der Waals surface area contributed by atoms with Crippen molar-refractivity contribution in [1.82, 2.24) is 16.2 Å². The maximum atomic E-state index is 11.9. The van der Waals surface area contributed by atoms with Gasteiger partial charge < -0.3 is 9.47 Å². The molecule has 0 radical (unpaired) electrons. The number of ether oxygens (including phenoxy) is 2. The van der Waals surface area contributed by atoms with E-state index in [1.54, 1.807) is 48.5 Å².